The lowest BCUT2D eigenvalue weighted by Gasteiger charge is -2.29. The minimum absolute atomic E-state index is 0.292. The molecular formula is C20H18Cl2N2O3S. The van der Waals surface area contributed by atoms with Crippen LogP contribution < -0.4 is 9.47 Å². The van der Waals surface area contributed by atoms with Crippen LogP contribution in [0.4, 0.5) is 0 Å². The van der Waals surface area contributed by atoms with Crippen molar-refractivity contribution in [2.75, 3.05) is 14.2 Å². The van der Waals surface area contributed by atoms with Crippen molar-refractivity contribution in [3.05, 3.63) is 57.6 Å². The van der Waals surface area contributed by atoms with Gasteiger partial charge in [-0.2, -0.15) is 0 Å². The van der Waals surface area contributed by atoms with Crippen LogP contribution in [0.15, 0.2) is 41.4 Å². The van der Waals surface area contributed by atoms with E-state index in [1.165, 1.54) is 19.1 Å². The summed E-state index contributed by atoms with van der Waals surface area (Å²) in [5.41, 5.74) is 0.647. The minimum atomic E-state index is -0.875. The van der Waals surface area contributed by atoms with Crippen molar-refractivity contribution in [2.45, 2.75) is 19.5 Å². The van der Waals surface area contributed by atoms with Crippen LogP contribution in [0.1, 0.15) is 29.8 Å². The Bertz CT molecular complexity index is 1000. The summed E-state index contributed by atoms with van der Waals surface area (Å²) >= 11 is 17.9. The summed E-state index contributed by atoms with van der Waals surface area (Å²) in [6, 6.07) is 10.0. The van der Waals surface area contributed by atoms with Crippen molar-refractivity contribution < 1.29 is 14.3 Å². The summed E-state index contributed by atoms with van der Waals surface area (Å²) in [6.45, 7) is 3.63. The Hall–Kier alpha value is -2.15. The molecule has 28 heavy (non-hydrogen) atoms. The molecule has 3 rings (SSSR count). The largest absolute Gasteiger partial charge is 0.493 e. The third-order valence-corrected chi connectivity index (χ3v) is 5.28. The number of methoxy groups -OCH3 is 2. The van der Waals surface area contributed by atoms with Gasteiger partial charge in [0.05, 0.1) is 19.2 Å². The van der Waals surface area contributed by atoms with Crippen LogP contribution in [0.5, 0.6) is 11.5 Å². The number of carbonyl (C=O) groups is 1. The number of benzene rings is 2. The summed E-state index contributed by atoms with van der Waals surface area (Å²) in [6.07, 6.45) is 0. The van der Waals surface area contributed by atoms with E-state index in [1.807, 2.05) is 13.8 Å². The van der Waals surface area contributed by atoms with Gasteiger partial charge < -0.3 is 9.47 Å². The molecule has 1 aliphatic heterocycles. The Kier molecular flexibility index (Phi) is 5.66. The first-order valence-electron chi connectivity index (χ1n) is 8.36. The summed E-state index contributed by atoms with van der Waals surface area (Å²) in [7, 11) is 3.05. The summed E-state index contributed by atoms with van der Waals surface area (Å²) < 4.78 is 10.5. The highest BCUT2D eigenvalue weighted by atomic mass is 35.5. The number of thiocarbonyl (C=S) groups is 1. The van der Waals surface area contributed by atoms with Crippen molar-refractivity contribution >= 4 is 52.0 Å². The molecule has 0 radical (unpaired) electrons. The van der Waals surface area contributed by atoms with Crippen LogP contribution >= 0.6 is 35.4 Å². The van der Waals surface area contributed by atoms with E-state index < -0.39 is 5.66 Å². The smallest absolute Gasteiger partial charge is 0.261 e. The predicted octanol–water partition coefficient (Wildman–Crippen LogP) is 5.02. The first-order valence-corrected chi connectivity index (χ1v) is 9.52. The van der Waals surface area contributed by atoms with Gasteiger partial charge in [0.1, 0.15) is 16.4 Å². The highest BCUT2D eigenvalue weighted by molar-refractivity contribution is 7.82. The van der Waals surface area contributed by atoms with Crippen molar-refractivity contribution in [3.63, 3.8) is 0 Å². The quantitative estimate of drug-likeness (QED) is 0.631. The Balaban J connectivity index is 2.00. The van der Waals surface area contributed by atoms with Gasteiger partial charge in [-0.25, -0.2) is 0 Å². The van der Waals surface area contributed by atoms with Crippen LogP contribution in [0.2, 0.25) is 10.0 Å². The Morgan fingerprint density at radius 1 is 1.07 bits per heavy atom. The van der Waals surface area contributed by atoms with E-state index in [-0.39, 0.29) is 5.91 Å². The fourth-order valence-corrected chi connectivity index (χ4v) is 3.98. The van der Waals surface area contributed by atoms with Crippen molar-refractivity contribution in [1.29, 1.82) is 0 Å². The molecule has 1 heterocycles. The molecule has 0 bridgehead atoms. The van der Waals surface area contributed by atoms with E-state index in [2.05, 4.69) is 4.99 Å². The average molecular weight is 437 g/mol. The maximum atomic E-state index is 13.3. The van der Waals surface area contributed by atoms with E-state index in [0.29, 0.717) is 43.4 Å². The van der Waals surface area contributed by atoms with E-state index in [9.17, 15) is 4.79 Å². The summed E-state index contributed by atoms with van der Waals surface area (Å²) in [4.78, 5) is 19.7. The van der Waals surface area contributed by atoms with E-state index >= 15 is 0 Å². The fourth-order valence-electron chi connectivity index (χ4n) is 3.02. The second-order valence-corrected chi connectivity index (χ2v) is 7.82. The van der Waals surface area contributed by atoms with Crippen molar-refractivity contribution in [3.8, 4) is 11.5 Å². The zero-order valence-corrected chi connectivity index (χ0v) is 18.1. The molecule has 1 amide bonds. The number of halogens is 2. The lowest BCUT2D eigenvalue weighted by Crippen LogP contribution is -2.46. The predicted molar refractivity (Wildman–Crippen MR) is 115 cm³/mol. The second kappa shape index (κ2) is 7.70. The molecule has 0 saturated heterocycles. The minimum Gasteiger partial charge on any atom is -0.493 e. The second-order valence-electron chi connectivity index (χ2n) is 6.59. The molecule has 2 aromatic rings. The van der Waals surface area contributed by atoms with Crippen molar-refractivity contribution in [2.24, 2.45) is 4.99 Å². The zero-order chi connectivity index (χ0) is 20.6. The topological polar surface area (TPSA) is 51.1 Å². The Morgan fingerprint density at radius 2 is 1.75 bits per heavy atom. The van der Waals surface area contributed by atoms with Crippen LogP contribution in [0.25, 0.3) is 0 Å². The van der Waals surface area contributed by atoms with Gasteiger partial charge in [0, 0.05) is 16.1 Å². The van der Waals surface area contributed by atoms with Gasteiger partial charge in [-0.1, -0.05) is 35.4 Å². The van der Waals surface area contributed by atoms with E-state index in [1.54, 1.807) is 36.4 Å². The molecule has 0 atom stereocenters. The van der Waals surface area contributed by atoms with Crippen LogP contribution in [0, 0.1) is 0 Å². The van der Waals surface area contributed by atoms with Gasteiger partial charge in [-0.05, 0) is 50.2 Å². The van der Waals surface area contributed by atoms with Gasteiger partial charge in [-0.3, -0.25) is 14.7 Å². The molecule has 0 aliphatic carbocycles. The van der Waals surface area contributed by atoms with E-state index in [4.69, 9.17) is 44.9 Å². The molecule has 0 N–H and O–H groups in total. The third-order valence-electron chi connectivity index (χ3n) is 4.36. The first kappa shape index (κ1) is 20.6. The van der Waals surface area contributed by atoms with Gasteiger partial charge in [-0.15, -0.1) is 0 Å². The van der Waals surface area contributed by atoms with Crippen LogP contribution in [0.3, 0.4) is 0 Å². The SMILES string of the molecule is COc1ccc(C(=O)N2C(=S)C(c3ccc(Cl)cc3Cl)=NC2(C)C)cc1OC. The molecule has 0 fully saturated rings. The molecule has 8 heteroatoms. The first-order chi connectivity index (χ1) is 13.2. The summed E-state index contributed by atoms with van der Waals surface area (Å²) in [5.74, 6) is 0.699. The number of carbonyl (C=O) groups excluding carboxylic acids is 1. The number of ether oxygens (including phenoxy) is 2. The van der Waals surface area contributed by atoms with Gasteiger partial charge in [0.2, 0.25) is 0 Å². The van der Waals surface area contributed by atoms with Gasteiger partial charge in [0.15, 0.2) is 11.5 Å². The Morgan fingerprint density at radius 3 is 2.36 bits per heavy atom. The molecule has 0 saturated carbocycles. The normalized spacial score (nSPS) is 15.4. The number of nitrogens with zero attached hydrogens (tertiary/aromatic N) is 2. The van der Waals surface area contributed by atoms with Crippen molar-refractivity contribution in [1.82, 2.24) is 4.90 Å². The number of aliphatic imine (C=N–C) groups is 1. The number of hydrogen-bond acceptors (Lipinski definition) is 5. The number of rotatable bonds is 4. The summed E-state index contributed by atoms with van der Waals surface area (Å²) in [5, 5.41) is 0.931. The van der Waals surface area contributed by atoms with Crippen LogP contribution in [-0.2, 0) is 0 Å². The van der Waals surface area contributed by atoms with Gasteiger partial charge >= 0.3 is 0 Å². The molecular weight excluding hydrogens is 419 g/mol. The fraction of sp³-hybridized carbons (Fsp3) is 0.250. The molecule has 146 valence electrons. The highest BCUT2D eigenvalue weighted by Crippen LogP contribution is 2.34. The average Bonchev–Trinajstić information content (AvgIpc) is 2.89. The maximum Gasteiger partial charge on any atom is 0.261 e. The highest BCUT2D eigenvalue weighted by Gasteiger charge is 2.42. The van der Waals surface area contributed by atoms with Gasteiger partial charge in [0.25, 0.3) is 5.91 Å². The number of amides is 1. The molecule has 5 nitrogen and oxygen atoms in total. The number of hydrogen-bond donors (Lipinski definition) is 0. The third kappa shape index (κ3) is 3.60. The molecule has 0 aromatic heterocycles. The van der Waals surface area contributed by atoms with Crippen LogP contribution in [-0.4, -0.2) is 41.4 Å². The molecule has 2 aromatic carbocycles. The lowest BCUT2D eigenvalue weighted by molar-refractivity contribution is 0.0758. The molecule has 0 spiro atoms. The lowest BCUT2D eigenvalue weighted by atomic mass is 10.1. The molecule has 1 aliphatic rings. The monoisotopic (exact) mass is 436 g/mol. The standard InChI is InChI=1S/C20H18Cl2N2O3S/c1-20(2)23-17(13-7-6-12(21)10-14(13)22)19(28)24(20)18(25)11-5-8-15(26-3)16(9-11)27-4/h5-10H,1-4H3. The molecule has 0 unspecified atom stereocenters. The Labute approximate surface area is 178 Å². The maximum absolute atomic E-state index is 13.3. The zero-order valence-electron chi connectivity index (χ0n) is 15.7. The van der Waals surface area contributed by atoms with E-state index in [0.717, 1.165) is 0 Å².